The smallest absolute Gasteiger partial charge is 0.414 e. The first-order valence-corrected chi connectivity index (χ1v) is 14.3. The van der Waals surface area contributed by atoms with Crippen LogP contribution in [0.5, 0.6) is 17.2 Å². The van der Waals surface area contributed by atoms with Crippen LogP contribution < -0.4 is 14.8 Å². The second-order valence-electron chi connectivity index (χ2n) is 9.92. The number of phenols is 1. The van der Waals surface area contributed by atoms with Crippen LogP contribution in [0.1, 0.15) is 63.5 Å². The zero-order valence-corrected chi connectivity index (χ0v) is 25.2. The van der Waals surface area contributed by atoms with Crippen molar-refractivity contribution in [3.8, 4) is 23.3 Å². The quantitative estimate of drug-likeness (QED) is 0.259. The Hall–Kier alpha value is -4.30. The van der Waals surface area contributed by atoms with Gasteiger partial charge in [-0.15, -0.1) is 0 Å². The molecule has 0 saturated heterocycles. The molecule has 2 atom stereocenters. The van der Waals surface area contributed by atoms with Gasteiger partial charge in [-0.1, -0.05) is 25.5 Å². The second kappa shape index (κ2) is 14.5. The molecule has 2 aliphatic rings. The van der Waals surface area contributed by atoms with Crippen molar-refractivity contribution in [2.75, 3.05) is 6.61 Å². The average Bonchev–Trinajstić information content (AvgIpc) is 2.92. The zero-order chi connectivity index (χ0) is 31.0. The summed E-state index contributed by atoms with van der Waals surface area (Å²) in [5, 5.41) is 38.0. The molecule has 0 amide bonds. The SMILES string of the molecule is CCCC1CC(=O)C2=C(C1)NC(C)=C(C#N)C2c1cc(Br)c(OCc2cccc(O)c2)c(OCC)c1.O=C(O)C(=O)O. The van der Waals surface area contributed by atoms with Crippen molar-refractivity contribution < 1.29 is 39.2 Å². The minimum Gasteiger partial charge on any atom is -0.508 e. The number of carbonyl (C=O) groups is 3. The molecule has 10 nitrogen and oxygen atoms in total. The fourth-order valence-corrected chi connectivity index (χ4v) is 5.75. The number of halogens is 1. The van der Waals surface area contributed by atoms with Crippen molar-refractivity contribution in [2.24, 2.45) is 5.92 Å². The molecule has 1 aliphatic carbocycles. The molecule has 4 N–H and O–H groups in total. The molecule has 1 aliphatic heterocycles. The van der Waals surface area contributed by atoms with Gasteiger partial charge in [0.1, 0.15) is 12.4 Å². The lowest BCUT2D eigenvalue weighted by Crippen LogP contribution is -2.34. The van der Waals surface area contributed by atoms with Crippen LogP contribution in [0.3, 0.4) is 0 Å². The number of ether oxygens (including phenoxy) is 2. The van der Waals surface area contributed by atoms with Gasteiger partial charge in [0.2, 0.25) is 0 Å². The lowest BCUT2D eigenvalue weighted by Gasteiger charge is -2.35. The van der Waals surface area contributed by atoms with E-state index in [1.54, 1.807) is 18.2 Å². The molecule has 0 aromatic heterocycles. The molecule has 0 radical (unpaired) electrons. The highest BCUT2D eigenvalue weighted by Gasteiger charge is 2.39. The van der Waals surface area contributed by atoms with Crippen molar-refractivity contribution >= 4 is 33.7 Å². The number of hydrogen-bond donors (Lipinski definition) is 4. The summed E-state index contributed by atoms with van der Waals surface area (Å²) in [6.07, 6.45) is 3.37. The van der Waals surface area contributed by atoms with Crippen LogP contribution in [0, 0.1) is 17.2 Å². The van der Waals surface area contributed by atoms with Crippen LogP contribution in [-0.2, 0) is 21.0 Å². The number of carboxylic acid groups (broad SMARTS) is 2. The molecule has 0 bridgehead atoms. The third-order valence-electron chi connectivity index (χ3n) is 6.87. The number of benzene rings is 2. The number of allylic oxidation sites excluding steroid dienone is 4. The molecule has 0 fully saturated rings. The van der Waals surface area contributed by atoms with Crippen molar-refractivity contribution in [3.63, 3.8) is 0 Å². The molecule has 2 aromatic rings. The van der Waals surface area contributed by atoms with Crippen molar-refractivity contribution in [1.82, 2.24) is 5.32 Å². The monoisotopic (exact) mass is 640 g/mol. The number of nitriles is 1. The van der Waals surface area contributed by atoms with E-state index in [4.69, 9.17) is 29.3 Å². The first kappa shape index (κ1) is 32.2. The first-order valence-electron chi connectivity index (χ1n) is 13.5. The molecule has 2 unspecified atom stereocenters. The maximum absolute atomic E-state index is 13.4. The predicted octanol–water partition coefficient (Wildman–Crippen LogP) is 5.81. The zero-order valence-electron chi connectivity index (χ0n) is 23.6. The summed E-state index contributed by atoms with van der Waals surface area (Å²) in [5.41, 5.74) is 4.57. The number of phenolic OH excluding ortho intramolecular Hbond substituents is 1. The number of dihydropyridines is 1. The van der Waals surface area contributed by atoms with Gasteiger partial charge < -0.3 is 30.1 Å². The summed E-state index contributed by atoms with van der Waals surface area (Å²) in [6, 6.07) is 13.0. The van der Waals surface area contributed by atoms with E-state index in [-0.39, 0.29) is 18.1 Å². The van der Waals surface area contributed by atoms with Crippen LogP contribution >= 0.6 is 15.9 Å². The van der Waals surface area contributed by atoms with Gasteiger partial charge in [0, 0.05) is 23.4 Å². The Morgan fingerprint density at radius 3 is 2.43 bits per heavy atom. The maximum atomic E-state index is 13.4. The molecule has 222 valence electrons. The predicted molar refractivity (Wildman–Crippen MR) is 157 cm³/mol. The Bertz CT molecular complexity index is 1460. The number of rotatable bonds is 8. The van der Waals surface area contributed by atoms with E-state index >= 15 is 0 Å². The minimum absolute atomic E-state index is 0.103. The van der Waals surface area contributed by atoms with Gasteiger partial charge in [0.25, 0.3) is 0 Å². The highest BCUT2D eigenvalue weighted by molar-refractivity contribution is 9.10. The highest BCUT2D eigenvalue weighted by atomic mass is 79.9. The van der Waals surface area contributed by atoms with Crippen molar-refractivity contribution in [3.05, 3.63) is 74.5 Å². The van der Waals surface area contributed by atoms with E-state index < -0.39 is 17.9 Å². The topological polar surface area (TPSA) is 166 Å². The lowest BCUT2D eigenvalue weighted by atomic mass is 9.72. The van der Waals surface area contributed by atoms with E-state index in [0.717, 1.165) is 41.8 Å². The number of carboxylic acids is 2. The minimum atomic E-state index is -1.82. The fraction of sp³-hybridized carbons (Fsp3) is 0.355. The van der Waals surface area contributed by atoms with Crippen LogP contribution in [0.15, 0.2) is 63.4 Å². The number of aromatic hydroxyl groups is 1. The average molecular weight is 642 g/mol. The van der Waals surface area contributed by atoms with E-state index in [1.165, 1.54) is 0 Å². The molecule has 0 spiro atoms. The number of nitrogens with one attached hydrogen (secondary N) is 1. The summed E-state index contributed by atoms with van der Waals surface area (Å²) in [5.74, 6) is -2.44. The molecular weight excluding hydrogens is 608 g/mol. The third-order valence-corrected chi connectivity index (χ3v) is 7.46. The Kier molecular flexibility index (Phi) is 11.2. The van der Waals surface area contributed by atoms with E-state index in [1.807, 2.05) is 32.0 Å². The van der Waals surface area contributed by atoms with Crippen molar-refractivity contribution in [2.45, 2.75) is 59.0 Å². The molecule has 11 heteroatoms. The summed E-state index contributed by atoms with van der Waals surface area (Å²) in [6.45, 7) is 6.61. The van der Waals surface area contributed by atoms with Gasteiger partial charge >= 0.3 is 11.9 Å². The number of hydrogen-bond acceptors (Lipinski definition) is 8. The van der Waals surface area contributed by atoms with Gasteiger partial charge in [-0.25, -0.2) is 9.59 Å². The summed E-state index contributed by atoms with van der Waals surface area (Å²) >= 11 is 3.64. The number of Topliss-reactive ketones (excluding diaryl/α,β-unsaturated/α-hetero) is 1. The van der Waals surface area contributed by atoms with Gasteiger partial charge in [0.15, 0.2) is 17.3 Å². The number of ketones is 1. The number of carbonyl (C=O) groups excluding carboxylic acids is 1. The highest BCUT2D eigenvalue weighted by Crippen LogP contribution is 2.47. The third kappa shape index (κ3) is 7.70. The normalized spacial score (nSPS) is 17.7. The maximum Gasteiger partial charge on any atom is 0.414 e. The Balaban J connectivity index is 0.000000730. The number of nitrogens with zero attached hydrogens (tertiary/aromatic N) is 1. The van der Waals surface area contributed by atoms with Gasteiger partial charge in [-0.3, -0.25) is 4.79 Å². The van der Waals surface area contributed by atoms with Gasteiger partial charge in [-0.2, -0.15) is 5.26 Å². The summed E-state index contributed by atoms with van der Waals surface area (Å²) in [4.78, 5) is 31.6. The van der Waals surface area contributed by atoms with Gasteiger partial charge in [-0.05, 0) is 83.9 Å². The lowest BCUT2D eigenvalue weighted by molar-refractivity contribution is -0.159. The molecule has 4 rings (SSSR count). The standard InChI is InChI=1S/C29H31BrN2O4.C2H2O4/c1-4-7-18-11-24-28(25(34)12-18)27(22(15-31)17(3)32-24)20-13-23(30)29(26(14-20)35-5-2)36-16-19-8-6-9-21(33)10-19;3-1(4)2(5)6/h6,8-10,13-14,18,27,32-33H,4-5,7,11-12,16H2,1-3H3;(H,3,4)(H,5,6). The fourth-order valence-electron chi connectivity index (χ4n) is 5.17. The van der Waals surface area contributed by atoms with Crippen molar-refractivity contribution in [1.29, 1.82) is 5.26 Å². The number of aliphatic carboxylic acids is 2. The van der Waals surface area contributed by atoms with Gasteiger partial charge in [0.05, 0.1) is 28.6 Å². The van der Waals surface area contributed by atoms with Crippen LogP contribution in [0.4, 0.5) is 0 Å². The molecule has 1 heterocycles. The largest absolute Gasteiger partial charge is 0.508 e. The van der Waals surface area contributed by atoms with Crippen LogP contribution in [-0.4, -0.2) is 39.6 Å². The summed E-state index contributed by atoms with van der Waals surface area (Å²) in [7, 11) is 0. The Morgan fingerprint density at radius 2 is 1.83 bits per heavy atom. The molecule has 2 aromatic carbocycles. The van der Waals surface area contributed by atoms with Crippen LogP contribution in [0.25, 0.3) is 0 Å². The Morgan fingerprint density at radius 1 is 1.12 bits per heavy atom. The molecule has 42 heavy (non-hydrogen) atoms. The van der Waals surface area contributed by atoms with E-state index in [2.05, 4.69) is 34.2 Å². The molecular formula is C31H33BrN2O8. The first-order chi connectivity index (χ1) is 20.0. The second-order valence-corrected chi connectivity index (χ2v) is 10.8. The molecule has 0 saturated carbocycles. The summed E-state index contributed by atoms with van der Waals surface area (Å²) < 4.78 is 12.7. The van der Waals surface area contributed by atoms with E-state index in [9.17, 15) is 15.2 Å². The van der Waals surface area contributed by atoms with Crippen LogP contribution in [0.2, 0.25) is 0 Å². The Labute approximate surface area is 252 Å². The van der Waals surface area contributed by atoms with E-state index in [0.29, 0.717) is 46.1 Å².